The molecule has 0 radical (unpaired) electrons. The van der Waals surface area contributed by atoms with Crippen LogP contribution in [0.4, 0.5) is 0 Å². The van der Waals surface area contributed by atoms with Gasteiger partial charge in [0.05, 0.1) is 23.6 Å². The number of aromatic nitrogens is 2. The third-order valence-corrected chi connectivity index (χ3v) is 5.19. The predicted molar refractivity (Wildman–Crippen MR) is 102 cm³/mol. The van der Waals surface area contributed by atoms with Gasteiger partial charge in [-0.3, -0.25) is 9.69 Å². The molecule has 2 heterocycles. The van der Waals surface area contributed by atoms with Crippen molar-refractivity contribution in [2.24, 2.45) is 0 Å². The van der Waals surface area contributed by atoms with Gasteiger partial charge >= 0.3 is 0 Å². The lowest BCUT2D eigenvalue weighted by Crippen LogP contribution is -2.32. The molecule has 0 spiro atoms. The van der Waals surface area contributed by atoms with E-state index in [1.807, 2.05) is 48.5 Å². The van der Waals surface area contributed by atoms with Crippen molar-refractivity contribution in [3.05, 3.63) is 76.3 Å². The molecule has 5 nitrogen and oxygen atoms in total. The first-order valence-electron chi connectivity index (χ1n) is 9.16. The van der Waals surface area contributed by atoms with Gasteiger partial charge in [0.15, 0.2) is 0 Å². The number of aliphatic hydroxyl groups excluding tert-OH is 1. The van der Waals surface area contributed by atoms with Crippen LogP contribution in [-0.2, 0) is 6.54 Å². The fourth-order valence-corrected chi connectivity index (χ4v) is 3.84. The second-order valence-corrected chi connectivity index (χ2v) is 6.96. The van der Waals surface area contributed by atoms with E-state index in [0.717, 1.165) is 30.5 Å². The molecule has 1 saturated heterocycles. The number of likely N-dealkylation sites (tertiary alicyclic amines) is 1. The Bertz CT molecular complexity index is 939. The molecule has 2 N–H and O–H groups in total. The Morgan fingerprint density at radius 1 is 1.15 bits per heavy atom. The first kappa shape index (κ1) is 16.9. The summed E-state index contributed by atoms with van der Waals surface area (Å²) < 4.78 is 0. The van der Waals surface area contributed by atoms with Gasteiger partial charge in [-0.2, -0.15) is 0 Å². The number of fused-ring (bicyclic) bond motifs is 1. The maximum Gasteiger partial charge on any atom is 0.258 e. The largest absolute Gasteiger partial charge is 0.388 e. The van der Waals surface area contributed by atoms with Crippen molar-refractivity contribution >= 4 is 10.9 Å². The number of benzene rings is 2. The molecule has 0 saturated carbocycles. The Morgan fingerprint density at radius 3 is 2.77 bits per heavy atom. The Balaban J connectivity index is 1.50. The minimum absolute atomic E-state index is 0.0920. The van der Waals surface area contributed by atoms with Gasteiger partial charge in [0.1, 0.15) is 5.82 Å². The van der Waals surface area contributed by atoms with Gasteiger partial charge in [-0.1, -0.05) is 42.5 Å². The van der Waals surface area contributed by atoms with Gasteiger partial charge in [-0.05, 0) is 43.5 Å². The number of para-hydroxylation sites is 1. The van der Waals surface area contributed by atoms with Crippen LogP contribution >= 0.6 is 0 Å². The van der Waals surface area contributed by atoms with Crippen LogP contribution < -0.4 is 5.56 Å². The maximum atomic E-state index is 12.3. The van der Waals surface area contributed by atoms with Gasteiger partial charge in [-0.25, -0.2) is 4.98 Å². The third kappa shape index (κ3) is 3.54. The molecule has 0 aliphatic carbocycles. The number of hydrogen-bond acceptors (Lipinski definition) is 4. The highest BCUT2D eigenvalue weighted by Crippen LogP contribution is 2.28. The average molecular weight is 349 g/mol. The van der Waals surface area contributed by atoms with Gasteiger partial charge in [0, 0.05) is 6.04 Å². The molecule has 1 fully saturated rings. The summed E-state index contributed by atoms with van der Waals surface area (Å²) in [6, 6.07) is 17.5. The van der Waals surface area contributed by atoms with Crippen molar-refractivity contribution in [3.8, 4) is 0 Å². The van der Waals surface area contributed by atoms with E-state index in [9.17, 15) is 9.90 Å². The first-order valence-corrected chi connectivity index (χ1v) is 9.16. The van der Waals surface area contributed by atoms with Crippen molar-refractivity contribution < 1.29 is 5.11 Å². The summed E-state index contributed by atoms with van der Waals surface area (Å²) in [5.74, 6) is 0.690. The summed E-state index contributed by atoms with van der Waals surface area (Å²) >= 11 is 0. The predicted octanol–water partition coefficient (Wildman–Crippen LogP) is 3.01. The summed E-state index contributed by atoms with van der Waals surface area (Å²) in [5.41, 5.74) is 1.59. The maximum absolute atomic E-state index is 12.3. The molecule has 3 aromatic rings. The fourth-order valence-electron chi connectivity index (χ4n) is 3.84. The number of aliphatic hydroxyl groups is 1. The second kappa shape index (κ2) is 7.40. The van der Waals surface area contributed by atoms with Crippen LogP contribution in [0.5, 0.6) is 0 Å². The number of hydrogen-bond donors (Lipinski definition) is 2. The SMILES string of the molecule is O=c1[nH]c(CN2CCCC2CC(O)c2ccccc2)nc2ccccc12. The molecule has 26 heavy (non-hydrogen) atoms. The first-order chi connectivity index (χ1) is 12.7. The van der Waals surface area contributed by atoms with E-state index in [1.165, 1.54) is 0 Å². The minimum Gasteiger partial charge on any atom is -0.388 e. The Hall–Kier alpha value is -2.50. The molecular formula is C21H23N3O2. The Morgan fingerprint density at radius 2 is 1.92 bits per heavy atom. The number of nitrogens with one attached hydrogen (secondary N) is 1. The van der Waals surface area contributed by atoms with E-state index >= 15 is 0 Å². The quantitative estimate of drug-likeness (QED) is 0.743. The zero-order chi connectivity index (χ0) is 17.9. The van der Waals surface area contributed by atoms with E-state index in [4.69, 9.17) is 0 Å². The normalized spacial score (nSPS) is 19.0. The van der Waals surface area contributed by atoms with Crippen LogP contribution in [0.1, 0.15) is 36.8 Å². The van der Waals surface area contributed by atoms with Gasteiger partial charge in [0.2, 0.25) is 0 Å². The molecule has 1 aliphatic rings. The molecule has 2 unspecified atom stereocenters. The minimum atomic E-state index is -0.467. The fraction of sp³-hybridized carbons (Fsp3) is 0.333. The van der Waals surface area contributed by atoms with Gasteiger partial charge in [0.25, 0.3) is 5.56 Å². The summed E-state index contributed by atoms with van der Waals surface area (Å²) in [4.78, 5) is 22.1. The van der Waals surface area contributed by atoms with Gasteiger partial charge < -0.3 is 10.1 Å². The molecule has 134 valence electrons. The highest BCUT2D eigenvalue weighted by molar-refractivity contribution is 5.77. The van der Waals surface area contributed by atoms with Crippen LogP contribution in [0.3, 0.4) is 0 Å². The molecule has 5 heteroatoms. The van der Waals surface area contributed by atoms with E-state index in [-0.39, 0.29) is 5.56 Å². The highest BCUT2D eigenvalue weighted by Gasteiger charge is 2.27. The smallest absolute Gasteiger partial charge is 0.258 e. The van der Waals surface area contributed by atoms with Crippen molar-refractivity contribution in [2.45, 2.75) is 38.0 Å². The molecule has 0 amide bonds. The van der Waals surface area contributed by atoms with E-state index in [2.05, 4.69) is 14.9 Å². The second-order valence-electron chi connectivity index (χ2n) is 6.96. The van der Waals surface area contributed by atoms with E-state index in [0.29, 0.717) is 30.2 Å². The van der Waals surface area contributed by atoms with E-state index < -0.39 is 6.10 Å². The average Bonchev–Trinajstić information content (AvgIpc) is 3.09. The van der Waals surface area contributed by atoms with Crippen molar-refractivity contribution in [2.75, 3.05) is 6.54 Å². The molecule has 0 bridgehead atoms. The lowest BCUT2D eigenvalue weighted by Gasteiger charge is -2.26. The number of nitrogens with zero attached hydrogens (tertiary/aromatic N) is 2. The number of H-pyrrole nitrogens is 1. The molecule has 2 atom stereocenters. The topological polar surface area (TPSA) is 69.2 Å². The lowest BCUT2D eigenvalue weighted by molar-refractivity contribution is 0.117. The monoisotopic (exact) mass is 349 g/mol. The zero-order valence-corrected chi connectivity index (χ0v) is 14.6. The Kier molecular flexibility index (Phi) is 4.82. The summed E-state index contributed by atoms with van der Waals surface area (Å²) in [6.45, 7) is 1.56. The third-order valence-electron chi connectivity index (χ3n) is 5.19. The molecule has 1 aliphatic heterocycles. The van der Waals surface area contributed by atoms with Crippen molar-refractivity contribution in [3.63, 3.8) is 0 Å². The number of rotatable bonds is 5. The molecule has 4 rings (SSSR count). The van der Waals surface area contributed by atoms with Crippen LogP contribution in [0.15, 0.2) is 59.4 Å². The molecule has 2 aromatic carbocycles. The lowest BCUT2D eigenvalue weighted by atomic mass is 10.0. The van der Waals surface area contributed by atoms with E-state index in [1.54, 1.807) is 6.07 Å². The van der Waals surface area contributed by atoms with Crippen molar-refractivity contribution in [1.29, 1.82) is 0 Å². The number of aromatic amines is 1. The van der Waals surface area contributed by atoms with Crippen LogP contribution in [0.2, 0.25) is 0 Å². The Labute approximate surface area is 152 Å². The summed E-state index contributed by atoms with van der Waals surface area (Å²) in [5, 5.41) is 11.2. The standard InChI is InChI=1S/C21H23N3O2/c25-19(15-7-2-1-3-8-15)13-16-9-6-12-24(16)14-20-22-18-11-5-4-10-17(18)21(26)23-20/h1-5,7-8,10-11,16,19,25H,6,9,12-14H2,(H,22,23,26). The van der Waals surface area contributed by atoms with Gasteiger partial charge in [-0.15, -0.1) is 0 Å². The highest BCUT2D eigenvalue weighted by atomic mass is 16.3. The molecular weight excluding hydrogens is 326 g/mol. The van der Waals surface area contributed by atoms with Crippen LogP contribution in [-0.4, -0.2) is 32.6 Å². The zero-order valence-electron chi connectivity index (χ0n) is 14.6. The summed E-state index contributed by atoms with van der Waals surface area (Å²) in [6.07, 6.45) is 2.39. The van der Waals surface area contributed by atoms with Crippen molar-refractivity contribution in [1.82, 2.24) is 14.9 Å². The summed E-state index contributed by atoms with van der Waals surface area (Å²) in [7, 11) is 0. The van der Waals surface area contributed by atoms with Crippen LogP contribution in [0, 0.1) is 0 Å². The molecule has 1 aromatic heterocycles. The van der Waals surface area contributed by atoms with Crippen LogP contribution in [0.25, 0.3) is 10.9 Å².